The van der Waals surface area contributed by atoms with Gasteiger partial charge in [0.15, 0.2) is 0 Å². The third-order valence-electron chi connectivity index (χ3n) is 5.60. The lowest BCUT2D eigenvalue weighted by Crippen LogP contribution is -2.29. The van der Waals surface area contributed by atoms with Crippen molar-refractivity contribution in [3.05, 3.63) is 88.5 Å². The Labute approximate surface area is 179 Å². The van der Waals surface area contributed by atoms with E-state index in [-0.39, 0.29) is 31.1 Å². The fourth-order valence-electron chi connectivity index (χ4n) is 3.89. The van der Waals surface area contributed by atoms with Gasteiger partial charge in [-0.05, 0) is 54.4 Å². The van der Waals surface area contributed by atoms with E-state index < -0.39 is 0 Å². The molecule has 3 aromatic rings. The first-order chi connectivity index (χ1) is 14.4. The predicted molar refractivity (Wildman–Crippen MR) is 117 cm³/mol. The third-order valence-corrected chi connectivity index (χ3v) is 5.60. The second kappa shape index (κ2) is 7.02. The van der Waals surface area contributed by atoms with Crippen LogP contribution in [0, 0.1) is 6.92 Å². The SMILES string of the molecule is C.Cc1ccc(N2C(=O)c3ccc(-c4ccc5c(c4)C(=O)N(C)C5=O)cc3C2=O)cc1. The van der Waals surface area contributed by atoms with Gasteiger partial charge in [0.25, 0.3) is 23.6 Å². The predicted octanol–water partition coefficient (Wildman–Crippen LogP) is 4.32. The Hall–Kier alpha value is -4.06. The molecule has 0 unspecified atom stereocenters. The summed E-state index contributed by atoms with van der Waals surface area (Å²) in [6, 6.07) is 17.2. The Kier molecular flexibility index (Phi) is 4.58. The van der Waals surface area contributed by atoms with Gasteiger partial charge in [0.1, 0.15) is 0 Å². The van der Waals surface area contributed by atoms with Crippen molar-refractivity contribution in [2.24, 2.45) is 0 Å². The van der Waals surface area contributed by atoms with Crippen molar-refractivity contribution in [2.45, 2.75) is 14.4 Å². The topological polar surface area (TPSA) is 74.8 Å². The van der Waals surface area contributed by atoms with Gasteiger partial charge in [0.2, 0.25) is 0 Å². The van der Waals surface area contributed by atoms with Crippen LogP contribution in [0.4, 0.5) is 5.69 Å². The van der Waals surface area contributed by atoms with Gasteiger partial charge in [-0.1, -0.05) is 37.3 Å². The Balaban J connectivity index is 0.00000231. The van der Waals surface area contributed by atoms with Gasteiger partial charge < -0.3 is 0 Å². The summed E-state index contributed by atoms with van der Waals surface area (Å²) >= 11 is 0. The maximum Gasteiger partial charge on any atom is 0.266 e. The van der Waals surface area contributed by atoms with Gasteiger partial charge in [0.05, 0.1) is 27.9 Å². The summed E-state index contributed by atoms with van der Waals surface area (Å²) < 4.78 is 0. The van der Waals surface area contributed by atoms with Crippen LogP contribution in [0.3, 0.4) is 0 Å². The van der Waals surface area contributed by atoms with Gasteiger partial charge in [-0.15, -0.1) is 0 Å². The van der Waals surface area contributed by atoms with Gasteiger partial charge in [0, 0.05) is 7.05 Å². The molecule has 31 heavy (non-hydrogen) atoms. The zero-order chi connectivity index (χ0) is 21.2. The van der Waals surface area contributed by atoms with Crippen LogP contribution >= 0.6 is 0 Å². The average Bonchev–Trinajstić information content (AvgIpc) is 3.13. The number of rotatable bonds is 2. The molecule has 2 heterocycles. The van der Waals surface area contributed by atoms with Crippen LogP contribution in [0.15, 0.2) is 60.7 Å². The summed E-state index contributed by atoms with van der Waals surface area (Å²) in [5.41, 5.74) is 4.31. The van der Waals surface area contributed by atoms with Crippen LogP contribution in [0.5, 0.6) is 0 Å². The zero-order valence-electron chi connectivity index (χ0n) is 16.3. The smallest absolute Gasteiger partial charge is 0.266 e. The quantitative estimate of drug-likeness (QED) is 0.588. The van der Waals surface area contributed by atoms with E-state index in [0.29, 0.717) is 39.1 Å². The van der Waals surface area contributed by atoms with Crippen molar-refractivity contribution in [1.29, 1.82) is 0 Å². The largest absolute Gasteiger partial charge is 0.277 e. The fraction of sp³-hybridized carbons (Fsp3) is 0.120. The van der Waals surface area contributed by atoms with Crippen molar-refractivity contribution < 1.29 is 19.2 Å². The Morgan fingerprint density at radius 2 is 1.03 bits per heavy atom. The second-order valence-corrected chi connectivity index (χ2v) is 7.47. The summed E-state index contributed by atoms with van der Waals surface area (Å²) in [4.78, 5) is 52.5. The number of fused-ring (bicyclic) bond motifs is 2. The lowest BCUT2D eigenvalue weighted by Gasteiger charge is -2.13. The summed E-state index contributed by atoms with van der Waals surface area (Å²) in [6.07, 6.45) is 0. The van der Waals surface area contributed by atoms with E-state index in [1.807, 2.05) is 19.1 Å². The third kappa shape index (κ3) is 2.87. The molecule has 5 rings (SSSR count). The molecule has 6 nitrogen and oxygen atoms in total. The Morgan fingerprint density at radius 1 is 0.581 bits per heavy atom. The molecule has 0 bridgehead atoms. The number of amides is 4. The summed E-state index contributed by atoms with van der Waals surface area (Å²) in [6.45, 7) is 1.94. The molecule has 2 aliphatic rings. The highest BCUT2D eigenvalue weighted by Crippen LogP contribution is 2.33. The molecule has 3 aromatic carbocycles. The maximum absolute atomic E-state index is 13.0. The molecule has 0 atom stereocenters. The first-order valence-electron chi connectivity index (χ1n) is 9.43. The minimum atomic E-state index is -0.382. The van der Waals surface area contributed by atoms with Crippen molar-refractivity contribution in [3.8, 4) is 11.1 Å². The molecular formula is C25H20N2O4. The van der Waals surface area contributed by atoms with Crippen molar-refractivity contribution in [3.63, 3.8) is 0 Å². The van der Waals surface area contributed by atoms with Gasteiger partial charge in [-0.25, -0.2) is 4.90 Å². The number of hydrogen-bond donors (Lipinski definition) is 0. The van der Waals surface area contributed by atoms with E-state index >= 15 is 0 Å². The molecule has 0 N–H and O–H groups in total. The van der Waals surface area contributed by atoms with E-state index in [2.05, 4.69) is 0 Å². The molecule has 0 fully saturated rings. The van der Waals surface area contributed by atoms with Crippen LogP contribution in [-0.4, -0.2) is 35.6 Å². The molecule has 0 saturated carbocycles. The zero-order valence-corrected chi connectivity index (χ0v) is 16.3. The number of benzene rings is 3. The molecule has 0 aliphatic carbocycles. The second-order valence-electron chi connectivity index (χ2n) is 7.47. The minimum Gasteiger partial charge on any atom is -0.277 e. The van der Waals surface area contributed by atoms with Gasteiger partial charge in [-0.2, -0.15) is 0 Å². The summed E-state index contributed by atoms with van der Waals surface area (Å²) in [5.74, 6) is -1.42. The molecule has 154 valence electrons. The monoisotopic (exact) mass is 412 g/mol. The van der Waals surface area contributed by atoms with Crippen LogP contribution in [0.2, 0.25) is 0 Å². The van der Waals surface area contributed by atoms with E-state index in [9.17, 15) is 19.2 Å². The molecular weight excluding hydrogens is 392 g/mol. The number of nitrogens with zero attached hydrogens (tertiary/aromatic N) is 2. The highest BCUT2D eigenvalue weighted by atomic mass is 16.2. The van der Waals surface area contributed by atoms with E-state index in [1.54, 1.807) is 48.5 Å². The van der Waals surface area contributed by atoms with Crippen molar-refractivity contribution in [1.82, 2.24) is 4.90 Å². The highest BCUT2D eigenvalue weighted by molar-refractivity contribution is 6.34. The molecule has 4 amide bonds. The Morgan fingerprint density at radius 3 is 1.61 bits per heavy atom. The first-order valence-corrected chi connectivity index (χ1v) is 9.43. The standard InChI is InChI=1S/C24H16N2O4.CH4/c1-13-3-7-16(8-4-13)26-23(29)18-10-6-15(12-20(18)24(26)30)14-5-9-17-19(11-14)22(28)25(2)21(17)27;/h3-12H,1-2H3;1H4. The number of imide groups is 2. The van der Waals surface area contributed by atoms with E-state index in [4.69, 9.17) is 0 Å². The molecule has 0 aromatic heterocycles. The summed E-state index contributed by atoms with van der Waals surface area (Å²) in [5, 5.41) is 0. The van der Waals surface area contributed by atoms with E-state index in [0.717, 1.165) is 10.5 Å². The minimum absolute atomic E-state index is 0. The molecule has 6 heteroatoms. The van der Waals surface area contributed by atoms with Crippen LogP contribution in [0.25, 0.3) is 11.1 Å². The van der Waals surface area contributed by atoms with Gasteiger partial charge in [-0.3, -0.25) is 24.1 Å². The number of hydrogen-bond acceptors (Lipinski definition) is 4. The number of anilines is 1. The Bertz CT molecular complexity index is 1290. The summed E-state index contributed by atoms with van der Waals surface area (Å²) in [7, 11) is 1.45. The molecule has 0 spiro atoms. The molecule has 2 aliphatic heterocycles. The molecule has 0 saturated heterocycles. The fourth-order valence-corrected chi connectivity index (χ4v) is 3.89. The van der Waals surface area contributed by atoms with Crippen molar-refractivity contribution in [2.75, 3.05) is 11.9 Å². The highest BCUT2D eigenvalue weighted by Gasteiger charge is 2.37. The lowest BCUT2D eigenvalue weighted by molar-refractivity contribution is 0.0692. The van der Waals surface area contributed by atoms with Crippen LogP contribution in [0.1, 0.15) is 54.4 Å². The number of carbonyl (C=O) groups is 4. The number of aryl methyl sites for hydroxylation is 1. The first kappa shape index (κ1) is 20.2. The maximum atomic E-state index is 13.0. The van der Waals surface area contributed by atoms with Crippen molar-refractivity contribution >= 4 is 29.3 Å². The lowest BCUT2D eigenvalue weighted by atomic mass is 9.97. The van der Waals surface area contributed by atoms with Gasteiger partial charge >= 0.3 is 0 Å². The van der Waals surface area contributed by atoms with Crippen LogP contribution in [-0.2, 0) is 0 Å². The van der Waals surface area contributed by atoms with E-state index in [1.165, 1.54) is 11.9 Å². The average molecular weight is 412 g/mol. The molecule has 0 radical (unpaired) electrons. The van der Waals surface area contributed by atoms with Crippen LogP contribution < -0.4 is 4.90 Å². The number of carbonyl (C=O) groups excluding carboxylic acids is 4. The normalized spacial score (nSPS) is 14.6.